The summed E-state index contributed by atoms with van der Waals surface area (Å²) >= 11 is 0. The highest BCUT2D eigenvalue weighted by Crippen LogP contribution is 2.22. The first-order valence-electron chi connectivity index (χ1n) is 7.24. The predicted molar refractivity (Wildman–Crippen MR) is 87.3 cm³/mol. The molecule has 0 saturated carbocycles. The second-order valence-corrected chi connectivity index (χ2v) is 5.53. The monoisotopic (exact) mass is 296 g/mol. The summed E-state index contributed by atoms with van der Waals surface area (Å²) in [6.07, 6.45) is -0.558. The molecule has 0 aromatic heterocycles. The van der Waals surface area contributed by atoms with Crippen molar-refractivity contribution in [2.45, 2.75) is 26.1 Å². The zero-order valence-corrected chi connectivity index (χ0v) is 13.7. The minimum Gasteiger partial charge on any atom is -0.389 e. The number of benzene rings is 1. The van der Waals surface area contributed by atoms with E-state index in [0.29, 0.717) is 19.8 Å². The average Bonchev–Trinajstić information content (AvgIpc) is 2.44. The lowest BCUT2D eigenvalue weighted by atomic mass is 10.1. The third-order valence-electron chi connectivity index (χ3n) is 3.21. The number of aryl methyl sites for hydroxylation is 1. The highest BCUT2D eigenvalue weighted by molar-refractivity contribution is 5.61. The normalized spacial score (nSPS) is 13.8. The Balaban J connectivity index is 2.42. The molecule has 5 heteroatoms. The molecule has 2 unspecified atom stereocenters. The molecule has 1 rings (SSSR count). The molecule has 0 heterocycles. The molecule has 0 saturated heterocycles. The quantitative estimate of drug-likeness (QED) is 0.729. The maximum Gasteiger partial charge on any atom is 0.0945 e. The summed E-state index contributed by atoms with van der Waals surface area (Å²) in [6.45, 7) is 5.29. The predicted octanol–water partition coefficient (Wildman–Crippen LogP) is 1.89. The molecule has 1 aromatic rings. The van der Waals surface area contributed by atoms with Crippen molar-refractivity contribution in [3.8, 4) is 0 Å². The van der Waals surface area contributed by atoms with Gasteiger partial charge in [0.15, 0.2) is 0 Å². The molecule has 21 heavy (non-hydrogen) atoms. The number of aliphatic hydroxyl groups excluding tert-OH is 1. The third-order valence-corrected chi connectivity index (χ3v) is 3.21. The number of nitrogens with one attached hydrogen (secondary N) is 1. The van der Waals surface area contributed by atoms with Crippen LogP contribution in [0.2, 0.25) is 0 Å². The highest BCUT2D eigenvalue weighted by Gasteiger charge is 2.09. The Morgan fingerprint density at radius 1 is 1.29 bits per heavy atom. The molecule has 0 fully saturated rings. The van der Waals surface area contributed by atoms with Crippen LogP contribution < -0.4 is 10.2 Å². The van der Waals surface area contributed by atoms with Gasteiger partial charge in [-0.3, -0.25) is 0 Å². The third kappa shape index (κ3) is 6.33. The minimum atomic E-state index is -0.548. The molecule has 0 radical (unpaired) electrons. The van der Waals surface area contributed by atoms with Gasteiger partial charge in [0.1, 0.15) is 0 Å². The number of ether oxygens (including phenoxy) is 2. The standard InChI is InChI=1S/C16H28N2O3/c1-12-6-7-14(8-16(12)18(3)4)17-9-15(19)11-21-13(2)10-20-5/h6-8,13,15,17,19H,9-11H2,1-5H3. The van der Waals surface area contributed by atoms with Crippen LogP contribution in [0.25, 0.3) is 0 Å². The number of hydrogen-bond donors (Lipinski definition) is 2. The Kier molecular flexibility index (Phi) is 7.50. The summed E-state index contributed by atoms with van der Waals surface area (Å²) in [5.74, 6) is 0. The van der Waals surface area contributed by atoms with Gasteiger partial charge < -0.3 is 24.8 Å². The number of anilines is 2. The fourth-order valence-corrected chi connectivity index (χ4v) is 2.05. The Labute approximate surface area is 127 Å². The van der Waals surface area contributed by atoms with Gasteiger partial charge in [-0.25, -0.2) is 0 Å². The second-order valence-electron chi connectivity index (χ2n) is 5.53. The van der Waals surface area contributed by atoms with Gasteiger partial charge in [0.2, 0.25) is 0 Å². The van der Waals surface area contributed by atoms with E-state index in [-0.39, 0.29) is 6.10 Å². The van der Waals surface area contributed by atoms with Crippen LogP contribution in [0.3, 0.4) is 0 Å². The van der Waals surface area contributed by atoms with Crippen molar-refractivity contribution in [1.82, 2.24) is 0 Å². The van der Waals surface area contributed by atoms with Crippen LogP contribution in [0.4, 0.5) is 11.4 Å². The Morgan fingerprint density at radius 3 is 2.62 bits per heavy atom. The summed E-state index contributed by atoms with van der Waals surface area (Å²) in [7, 11) is 5.68. The Bertz CT molecular complexity index is 424. The van der Waals surface area contributed by atoms with Gasteiger partial charge in [-0.15, -0.1) is 0 Å². The van der Waals surface area contributed by atoms with E-state index in [1.165, 1.54) is 11.3 Å². The topological polar surface area (TPSA) is 54.0 Å². The summed E-state index contributed by atoms with van der Waals surface area (Å²) in [5.41, 5.74) is 3.38. The van der Waals surface area contributed by atoms with Gasteiger partial charge in [0.05, 0.1) is 25.4 Å². The Hall–Kier alpha value is -1.30. The minimum absolute atomic E-state index is 0.00984. The lowest BCUT2D eigenvalue weighted by Crippen LogP contribution is -2.28. The lowest BCUT2D eigenvalue weighted by Gasteiger charge is -2.19. The van der Waals surface area contributed by atoms with E-state index >= 15 is 0 Å². The summed E-state index contributed by atoms with van der Waals surface area (Å²) < 4.78 is 10.5. The van der Waals surface area contributed by atoms with Crippen LogP contribution >= 0.6 is 0 Å². The number of methoxy groups -OCH3 is 1. The zero-order chi connectivity index (χ0) is 15.8. The molecular weight excluding hydrogens is 268 g/mol. The number of hydrogen-bond acceptors (Lipinski definition) is 5. The first-order valence-corrected chi connectivity index (χ1v) is 7.24. The van der Waals surface area contributed by atoms with Crippen molar-refractivity contribution in [3.63, 3.8) is 0 Å². The van der Waals surface area contributed by atoms with Crippen molar-refractivity contribution < 1.29 is 14.6 Å². The van der Waals surface area contributed by atoms with Crippen molar-refractivity contribution in [2.75, 3.05) is 51.2 Å². The van der Waals surface area contributed by atoms with Crippen LogP contribution in [0.5, 0.6) is 0 Å². The van der Waals surface area contributed by atoms with E-state index in [0.717, 1.165) is 5.69 Å². The highest BCUT2D eigenvalue weighted by atomic mass is 16.5. The molecule has 2 N–H and O–H groups in total. The second kappa shape index (κ2) is 8.87. The molecule has 0 aliphatic heterocycles. The molecule has 5 nitrogen and oxygen atoms in total. The molecule has 120 valence electrons. The fraction of sp³-hybridized carbons (Fsp3) is 0.625. The van der Waals surface area contributed by atoms with Crippen molar-refractivity contribution in [1.29, 1.82) is 0 Å². The van der Waals surface area contributed by atoms with Gasteiger partial charge in [-0.05, 0) is 31.5 Å². The SMILES string of the molecule is COCC(C)OCC(O)CNc1ccc(C)c(N(C)C)c1. The first-order chi connectivity index (χ1) is 9.93. The van der Waals surface area contributed by atoms with E-state index in [1.807, 2.05) is 27.1 Å². The van der Waals surface area contributed by atoms with Crippen LogP contribution in [0.15, 0.2) is 18.2 Å². The van der Waals surface area contributed by atoms with E-state index in [4.69, 9.17) is 9.47 Å². The summed E-state index contributed by atoms with van der Waals surface area (Å²) in [4.78, 5) is 2.08. The van der Waals surface area contributed by atoms with Gasteiger partial charge in [0, 0.05) is 39.1 Å². The molecule has 0 aliphatic rings. The number of nitrogens with zero attached hydrogens (tertiary/aromatic N) is 1. The van der Waals surface area contributed by atoms with Crippen LogP contribution in [0.1, 0.15) is 12.5 Å². The molecular formula is C16H28N2O3. The van der Waals surface area contributed by atoms with Gasteiger partial charge in [0.25, 0.3) is 0 Å². The molecule has 0 amide bonds. The van der Waals surface area contributed by atoms with E-state index < -0.39 is 6.10 Å². The van der Waals surface area contributed by atoms with Gasteiger partial charge in [-0.2, -0.15) is 0 Å². The average molecular weight is 296 g/mol. The summed E-state index contributed by atoms with van der Waals surface area (Å²) in [5, 5.41) is 13.2. The van der Waals surface area contributed by atoms with Crippen LogP contribution in [-0.4, -0.2) is 58.3 Å². The summed E-state index contributed by atoms with van der Waals surface area (Å²) in [6, 6.07) is 6.17. The van der Waals surface area contributed by atoms with Crippen LogP contribution in [-0.2, 0) is 9.47 Å². The zero-order valence-electron chi connectivity index (χ0n) is 13.7. The lowest BCUT2D eigenvalue weighted by molar-refractivity contribution is -0.0282. The maximum absolute atomic E-state index is 9.92. The Morgan fingerprint density at radius 2 is 2.00 bits per heavy atom. The largest absolute Gasteiger partial charge is 0.389 e. The number of rotatable bonds is 9. The van der Waals surface area contributed by atoms with Gasteiger partial charge in [-0.1, -0.05) is 6.07 Å². The van der Waals surface area contributed by atoms with Crippen LogP contribution in [0, 0.1) is 6.92 Å². The smallest absolute Gasteiger partial charge is 0.0945 e. The molecule has 0 spiro atoms. The molecule has 0 bridgehead atoms. The van der Waals surface area contributed by atoms with Crippen molar-refractivity contribution in [3.05, 3.63) is 23.8 Å². The molecule has 0 aliphatic carbocycles. The number of aliphatic hydroxyl groups is 1. The van der Waals surface area contributed by atoms with E-state index in [2.05, 4.69) is 29.3 Å². The molecule has 1 aromatic carbocycles. The van der Waals surface area contributed by atoms with Crippen molar-refractivity contribution in [2.24, 2.45) is 0 Å². The fourth-order valence-electron chi connectivity index (χ4n) is 2.05. The van der Waals surface area contributed by atoms with Crippen molar-refractivity contribution >= 4 is 11.4 Å². The van der Waals surface area contributed by atoms with Gasteiger partial charge >= 0.3 is 0 Å². The molecule has 2 atom stereocenters. The maximum atomic E-state index is 9.92. The van der Waals surface area contributed by atoms with E-state index in [9.17, 15) is 5.11 Å². The van der Waals surface area contributed by atoms with E-state index in [1.54, 1.807) is 7.11 Å². The first kappa shape index (κ1) is 17.8.